The molecular weight excluding hydrogens is 184 g/mol. The maximum Gasteiger partial charge on any atom is 0.310 e. The molecule has 1 aliphatic rings. The lowest BCUT2D eigenvalue weighted by Crippen LogP contribution is -2.27. The Morgan fingerprint density at radius 2 is 2.36 bits per heavy atom. The van der Waals surface area contributed by atoms with Crippen LogP contribution in [0.3, 0.4) is 0 Å². The number of rotatable bonds is 4. The average molecular weight is 202 g/mol. The molecule has 1 heterocycles. The molecule has 0 bridgehead atoms. The third-order valence-electron chi connectivity index (χ3n) is 2.27. The van der Waals surface area contributed by atoms with Gasteiger partial charge in [-0.25, -0.2) is 0 Å². The second kappa shape index (κ2) is 5.98. The average Bonchev–Trinajstić information content (AvgIpc) is 2.26. The Bertz CT molecular complexity index is 175. The molecule has 0 aliphatic carbocycles. The van der Waals surface area contributed by atoms with Gasteiger partial charge in [-0.2, -0.15) is 0 Å². The molecule has 0 saturated carbocycles. The zero-order chi connectivity index (χ0) is 10.4. The number of hydrogen-bond acceptors (Lipinski definition) is 4. The van der Waals surface area contributed by atoms with Crippen LogP contribution in [0.2, 0.25) is 0 Å². The van der Waals surface area contributed by atoms with Crippen molar-refractivity contribution in [1.29, 1.82) is 0 Å². The second-order valence-electron chi connectivity index (χ2n) is 3.55. The minimum atomic E-state index is -0.235. The van der Waals surface area contributed by atoms with Gasteiger partial charge >= 0.3 is 5.97 Å². The highest BCUT2D eigenvalue weighted by molar-refractivity contribution is 5.71. The fraction of sp³-hybridized carbons (Fsp3) is 0.900. The van der Waals surface area contributed by atoms with Gasteiger partial charge in [0.15, 0.2) is 6.29 Å². The lowest BCUT2D eigenvalue weighted by molar-refractivity contribution is -0.175. The molecule has 0 radical (unpaired) electrons. The molecule has 0 aromatic rings. The summed E-state index contributed by atoms with van der Waals surface area (Å²) in [6.07, 6.45) is 3.04. The Labute approximate surface area is 84.5 Å². The van der Waals surface area contributed by atoms with Crippen LogP contribution < -0.4 is 0 Å². The number of esters is 1. The summed E-state index contributed by atoms with van der Waals surface area (Å²) in [4.78, 5) is 11.0. The molecule has 1 saturated heterocycles. The van der Waals surface area contributed by atoms with Gasteiger partial charge in [0.25, 0.3) is 0 Å². The monoisotopic (exact) mass is 202 g/mol. The van der Waals surface area contributed by atoms with Gasteiger partial charge in [0.05, 0.1) is 19.6 Å². The van der Waals surface area contributed by atoms with Crippen LogP contribution in [-0.2, 0) is 19.0 Å². The SMILES string of the molecule is COC(=O)[C@@H](C)COC1CCCCO1. The van der Waals surface area contributed by atoms with E-state index < -0.39 is 0 Å². The highest BCUT2D eigenvalue weighted by Gasteiger charge is 2.18. The zero-order valence-electron chi connectivity index (χ0n) is 8.82. The van der Waals surface area contributed by atoms with Crippen molar-refractivity contribution >= 4 is 5.97 Å². The summed E-state index contributed by atoms with van der Waals surface area (Å²) in [6, 6.07) is 0. The first-order valence-corrected chi connectivity index (χ1v) is 5.05. The lowest BCUT2D eigenvalue weighted by Gasteiger charge is -2.23. The van der Waals surface area contributed by atoms with Crippen molar-refractivity contribution in [3.8, 4) is 0 Å². The van der Waals surface area contributed by atoms with Crippen LogP contribution >= 0.6 is 0 Å². The first-order valence-electron chi connectivity index (χ1n) is 5.05. The second-order valence-corrected chi connectivity index (χ2v) is 3.55. The van der Waals surface area contributed by atoms with Gasteiger partial charge in [-0.3, -0.25) is 4.79 Å². The molecule has 14 heavy (non-hydrogen) atoms. The molecule has 1 rings (SSSR count). The third kappa shape index (κ3) is 3.64. The quantitative estimate of drug-likeness (QED) is 0.645. The molecule has 0 aromatic heterocycles. The van der Waals surface area contributed by atoms with Crippen LogP contribution in [0.25, 0.3) is 0 Å². The van der Waals surface area contributed by atoms with Crippen LogP contribution in [-0.4, -0.2) is 32.6 Å². The lowest BCUT2D eigenvalue weighted by atomic mass is 10.2. The van der Waals surface area contributed by atoms with E-state index in [9.17, 15) is 4.79 Å². The summed E-state index contributed by atoms with van der Waals surface area (Å²) < 4.78 is 15.4. The van der Waals surface area contributed by atoms with E-state index in [-0.39, 0.29) is 18.2 Å². The summed E-state index contributed by atoms with van der Waals surface area (Å²) >= 11 is 0. The van der Waals surface area contributed by atoms with Crippen molar-refractivity contribution in [3.05, 3.63) is 0 Å². The third-order valence-corrected chi connectivity index (χ3v) is 2.27. The molecule has 0 N–H and O–H groups in total. The summed E-state index contributed by atoms with van der Waals surface area (Å²) in [7, 11) is 1.38. The van der Waals surface area contributed by atoms with Crippen molar-refractivity contribution in [3.63, 3.8) is 0 Å². The van der Waals surface area contributed by atoms with Gasteiger partial charge in [0.1, 0.15) is 0 Å². The Balaban J connectivity index is 2.15. The van der Waals surface area contributed by atoms with Gasteiger partial charge in [-0.05, 0) is 26.2 Å². The maximum atomic E-state index is 11.0. The van der Waals surface area contributed by atoms with E-state index in [1.54, 1.807) is 6.92 Å². The normalized spacial score (nSPS) is 24.3. The van der Waals surface area contributed by atoms with Gasteiger partial charge < -0.3 is 14.2 Å². The van der Waals surface area contributed by atoms with Crippen LogP contribution in [0, 0.1) is 5.92 Å². The first kappa shape index (κ1) is 11.5. The van der Waals surface area contributed by atoms with Crippen molar-refractivity contribution in [1.82, 2.24) is 0 Å². The zero-order valence-corrected chi connectivity index (χ0v) is 8.82. The molecule has 1 fully saturated rings. The van der Waals surface area contributed by atoms with Gasteiger partial charge in [0, 0.05) is 6.61 Å². The van der Waals surface area contributed by atoms with Crippen LogP contribution in [0.5, 0.6) is 0 Å². The van der Waals surface area contributed by atoms with Crippen molar-refractivity contribution in [2.45, 2.75) is 32.5 Å². The van der Waals surface area contributed by atoms with Gasteiger partial charge in [0.2, 0.25) is 0 Å². The largest absolute Gasteiger partial charge is 0.469 e. The number of carbonyl (C=O) groups excluding carboxylic acids is 1. The van der Waals surface area contributed by atoms with Crippen LogP contribution in [0.1, 0.15) is 26.2 Å². The predicted octanol–water partition coefficient (Wildman–Crippen LogP) is 1.34. The number of ether oxygens (including phenoxy) is 3. The minimum Gasteiger partial charge on any atom is -0.469 e. The summed E-state index contributed by atoms with van der Waals surface area (Å²) in [6.45, 7) is 2.92. The molecule has 0 spiro atoms. The standard InChI is InChI=1S/C10H18O4/c1-8(10(11)12-2)7-14-9-5-3-4-6-13-9/h8-9H,3-7H2,1-2H3/t8-,9?/m0/s1. The molecule has 1 aliphatic heterocycles. The van der Waals surface area contributed by atoms with Gasteiger partial charge in [-0.15, -0.1) is 0 Å². The summed E-state index contributed by atoms with van der Waals surface area (Å²) in [5.74, 6) is -0.452. The molecular formula is C10H18O4. The number of hydrogen-bond donors (Lipinski definition) is 0. The Morgan fingerprint density at radius 1 is 1.57 bits per heavy atom. The number of methoxy groups -OCH3 is 1. The maximum absolute atomic E-state index is 11.0. The van der Waals surface area contributed by atoms with Crippen LogP contribution in [0.4, 0.5) is 0 Å². The van der Waals surface area contributed by atoms with Crippen molar-refractivity contribution in [2.24, 2.45) is 5.92 Å². The molecule has 82 valence electrons. The van der Waals surface area contributed by atoms with E-state index in [2.05, 4.69) is 4.74 Å². The Kier molecular flexibility index (Phi) is 4.90. The topological polar surface area (TPSA) is 44.8 Å². The smallest absolute Gasteiger partial charge is 0.310 e. The summed E-state index contributed by atoms with van der Waals surface area (Å²) in [5.41, 5.74) is 0. The molecule has 4 heteroatoms. The Hall–Kier alpha value is -0.610. The fourth-order valence-electron chi connectivity index (χ4n) is 1.36. The molecule has 4 nitrogen and oxygen atoms in total. The number of carbonyl (C=O) groups is 1. The minimum absolute atomic E-state index is 0.129. The van der Waals surface area contributed by atoms with E-state index in [4.69, 9.17) is 9.47 Å². The molecule has 1 unspecified atom stereocenters. The van der Waals surface area contributed by atoms with E-state index in [0.717, 1.165) is 25.9 Å². The van der Waals surface area contributed by atoms with Crippen molar-refractivity contribution < 1.29 is 19.0 Å². The van der Waals surface area contributed by atoms with E-state index in [1.807, 2.05) is 0 Å². The predicted molar refractivity (Wildman–Crippen MR) is 50.7 cm³/mol. The fourth-order valence-corrected chi connectivity index (χ4v) is 1.36. The highest BCUT2D eigenvalue weighted by atomic mass is 16.7. The molecule has 0 aromatic carbocycles. The Morgan fingerprint density at radius 3 is 2.93 bits per heavy atom. The molecule has 2 atom stereocenters. The van der Waals surface area contributed by atoms with E-state index in [1.165, 1.54) is 7.11 Å². The molecule has 0 amide bonds. The van der Waals surface area contributed by atoms with Crippen LogP contribution in [0.15, 0.2) is 0 Å². The van der Waals surface area contributed by atoms with E-state index >= 15 is 0 Å². The summed E-state index contributed by atoms with van der Waals surface area (Å²) in [5, 5.41) is 0. The first-order chi connectivity index (χ1) is 6.74. The van der Waals surface area contributed by atoms with Crippen molar-refractivity contribution in [2.75, 3.05) is 20.3 Å². The van der Waals surface area contributed by atoms with E-state index in [0.29, 0.717) is 6.61 Å². The van der Waals surface area contributed by atoms with Gasteiger partial charge in [-0.1, -0.05) is 0 Å². The highest BCUT2D eigenvalue weighted by Crippen LogP contribution is 2.14.